The molecule has 0 saturated carbocycles. The number of likely N-dealkylation sites (tertiary alicyclic amines) is 1. The van der Waals surface area contributed by atoms with Gasteiger partial charge in [-0.05, 0) is 50.0 Å². The second kappa shape index (κ2) is 5.90. The predicted octanol–water partition coefficient (Wildman–Crippen LogP) is 2.87. The molecule has 0 radical (unpaired) electrons. The first-order valence-electron chi connectivity index (χ1n) is 6.88. The molecule has 6 nitrogen and oxygen atoms in total. The standard InChI is InChI=1S/C13H20BrFN4O2/c1-8-11(14)16-17-19(8)10-5-6-18(7-9(10)15)12(20)21-13(2,3)4/h9-10H,5-7H2,1-4H3. The third-order valence-electron chi connectivity index (χ3n) is 3.34. The van der Waals surface area contributed by atoms with Gasteiger partial charge in [-0.1, -0.05) is 5.21 Å². The van der Waals surface area contributed by atoms with Gasteiger partial charge in [0.2, 0.25) is 0 Å². The van der Waals surface area contributed by atoms with Gasteiger partial charge in [0.15, 0.2) is 4.60 Å². The second-order valence-electron chi connectivity index (χ2n) is 6.21. The molecule has 0 aromatic carbocycles. The fraction of sp³-hybridized carbons (Fsp3) is 0.769. The SMILES string of the molecule is Cc1c(Br)nnn1C1CCN(C(=O)OC(C)(C)C)CC1F. The Morgan fingerprint density at radius 2 is 2.14 bits per heavy atom. The van der Waals surface area contributed by atoms with Crippen LogP contribution in [0.15, 0.2) is 4.60 Å². The molecule has 2 rings (SSSR count). The molecule has 1 aromatic heterocycles. The normalized spacial score (nSPS) is 23.2. The van der Waals surface area contributed by atoms with E-state index in [0.717, 1.165) is 5.69 Å². The van der Waals surface area contributed by atoms with Crippen LogP contribution in [-0.2, 0) is 4.74 Å². The maximum Gasteiger partial charge on any atom is 0.410 e. The molecule has 2 heterocycles. The van der Waals surface area contributed by atoms with Crippen molar-refractivity contribution in [3.63, 3.8) is 0 Å². The summed E-state index contributed by atoms with van der Waals surface area (Å²) in [6.45, 7) is 7.66. The number of alkyl halides is 1. The monoisotopic (exact) mass is 362 g/mol. The molecule has 1 aliphatic rings. The second-order valence-corrected chi connectivity index (χ2v) is 6.96. The minimum absolute atomic E-state index is 0.0104. The van der Waals surface area contributed by atoms with Crippen LogP contribution in [0.4, 0.5) is 9.18 Å². The van der Waals surface area contributed by atoms with Gasteiger partial charge in [-0.25, -0.2) is 13.9 Å². The van der Waals surface area contributed by atoms with Crippen molar-refractivity contribution in [2.24, 2.45) is 0 Å². The highest BCUT2D eigenvalue weighted by atomic mass is 79.9. The molecule has 0 spiro atoms. The van der Waals surface area contributed by atoms with Crippen LogP contribution in [0, 0.1) is 6.92 Å². The zero-order chi connectivity index (χ0) is 15.8. The molecule has 1 amide bonds. The van der Waals surface area contributed by atoms with Crippen molar-refractivity contribution < 1.29 is 13.9 Å². The van der Waals surface area contributed by atoms with E-state index in [1.165, 1.54) is 4.90 Å². The van der Waals surface area contributed by atoms with Crippen LogP contribution in [0.1, 0.15) is 38.9 Å². The summed E-state index contributed by atoms with van der Waals surface area (Å²) in [5.74, 6) is 0. The van der Waals surface area contributed by atoms with Crippen LogP contribution in [0.5, 0.6) is 0 Å². The number of halogens is 2. The van der Waals surface area contributed by atoms with Crippen molar-refractivity contribution in [2.45, 2.75) is 51.9 Å². The van der Waals surface area contributed by atoms with Gasteiger partial charge in [-0.2, -0.15) is 0 Å². The van der Waals surface area contributed by atoms with E-state index in [4.69, 9.17) is 4.74 Å². The highest BCUT2D eigenvalue weighted by Crippen LogP contribution is 2.28. The molecule has 1 aliphatic heterocycles. The number of aromatic nitrogens is 3. The first-order chi connectivity index (χ1) is 9.69. The average molecular weight is 363 g/mol. The Morgan fingerprint density at radius 3 is 2.62 bits per heavy atom. The van der Waals surface area contributed by atoms with Crippen LogP contribution in [0.25, 0.3) is 0 Å². The van der Waals surface area contributed by atoms with E-state index in [1.807, 2.05) is 6.92 Å². The Bertz CT molecular complexity index is 529. The number of rotatable bonds is 1. The minimum atomic E-state index is -1.20. The molecule has 1 fully saturated rings. The number of hydrogen-bond acceptors (Lipinski definition) is 4. The smallest absolute Gasteiger partial charge is 0.410 e. The summed E-state index contributed by atoms with van der Waals surface area (Å²) in [4.78, 5) is 13.4. The highest BCUT2D eigenvalue weighted by Gasteiger charge is 2.35. The topological polar surface area (TPSA) is 60.2 Å². The van der Waals surface area contributed by atoms with E-state index in [9.17, 15) is 9.18 Å². The average Bonchev–Trinajstić information content (AvgIpc) is 2.68. The number of piperidine rings is 1. The lowest BCUT2D eigenvalue weighted by atomic mass is 10.0. The van der Waals surface area contributed by atoms with Crippen molar-refractivity contribution in [2.75, 3.05) is 13.1 Å². The van der Waals surface area contributed by atoms with Gasteiger partial charge >= 0.3 is 6.09 Å². The molecule has 2 atom stereocenters. The van der Waals surface area contributed by atoms with Crippen molar-refractivity contribution in [3.05, 3.63) is 10.3 Å². The summed E-state index contributed by atoms with van der Waals surface area (Å²) < 4.78 is 21.9. The maximum absolute atomic E-state index is 14.4. The Labute approximate surface area is 131 Å². The van der Waals surface area contributed by atoms with Crippen molar-refractivity contribution >= 4 is 22.0 Å². The van der Waals surface area contributed by atoms with Crippen molar-refractivity contribution in [1.29, 1.82) is 0 Å². The minimum Gasteiger partial charge on any atom is -0.444 e. The third-order valence-corrected chi connectivity index (χ3v) is 4.08. The Kier molecular flexibility index (Phi) is 4.55. The molecule has 0 bridgehead atoms. The van der Waals surface area contributed by atoms with E-state index in [2.05, 4.69) is 26.2 Å². The summed E-state index contributed by atoms with van der Waals surface area (Å²) in [5, 5.41) is 7.85. The summed E-state index contributed by atoms with van der Waals surface area (Å²) >= 11 is 3.27. The zero-order valence-electron chi connectivity index (χ0n) is 12.6. The van der Waals surface area contributed by atoms with Gasteiger partial charge in [-0.3, -0.25) is 0 Å². The Hall–Kier alpha value is -1.18. The number of ether oxygens (including phenoxy) is 1. The van der Waals surface area contributed by atoms with E-state index in [-0.39, 0.29) is 6.54 Å². The van der Waals surface area contributed by atoms with Gasteiger partial charge in [-0.15, -0.1) is 5.10 Å². The molecule has 2 unspecified atom stereocenters. The van der Waals surface area contributed by atoms with Crippen LogP contribution in [-0.4, -0.2) is 50.8 Å². The first-order valence-corrected chi connectivity index (χ1v) is 7.67. The summed E-state index contributed by atoms with van der Waals surface area (Å²) in [6.07, 6.45) is -1.18. The summed E-state index contributed by atoms with van der Waals surface area (Å²) in [6, 6.07) is -0.400. The molecule has 0 N–H and O–H groups in total. The van der Waals surface area contributed by atoms with Gasteiger partial charge in [0.1, 0.15) is 11.8 Å². The van der Waals surface area contributed by atoms with Crippen LogP contribution < -0.4 is 0 Å². The molecule has 1 saturated heterocycles. The fourth-order valence-electron chi connectivity index (χ4n) is 2.30. The largest absolute Gasteiger partial charge is 0.444 e. The molecule has 8 heteroatoms. The van der Waals surface area contributed by atoms with Gasteiger partial charge in [0, 0.05) is 6.54 Å². The van der Waals surface area contributed by atoms with Gasteiger partial charge in [0.05, 0.1) is 18.3 Å². The molecule has 1 aromatic rings. The van der Waals surface area contributed by atoms with E-state index in [1.54, 1.807) is 25.5 Å². The zero-order valence-corrected chi connectivity index (χ0v) is 14.2. The predicted molar refractivity (Wildman–Crippen MR) is 78.8 cm³/mol. The van der Waals surface area contributed by atoms with Crippen molar-refractivity contribution in [3.8, 4) is 0 Å². The number of carbonyl (C=O) groups is 1. The lowest BCUT2D eigenvalue weighted by molar-refractivity contribution is 0.00546. The highest BCUT2D eigenvalue weighted by molar-refractivity contribution is 9.10. The van der Waals surface area contributed by atoms with Crippen LogP contribution >= 0.6 is 15.9 Å². The molecule has 21 heavy (non-hydrogen) atoms. The maximum atomic E-state index is 14.4. The number of nitrogens with zero attached hydrogens (tertiary/aromatic N) is 4. The number of amides is 1. The Balaban J connectivity index is 2.02. The molecule has 118 valence electrons. The van der Waals surface area contributed by atoms with Gasteiger partial charge in [0.25, 0.3) is 0 Å². The number of hydrogen-bond donors (Lipinski definition) is 0. The van der Waals surface area contributed by atoms with Crippen LogP contribution in [0.2, 0.25) is 0 Å². The van der Waals surface area contributed by atoms with E-state index >= 15 is 0 Å². The Morgan fingerprint density at radius 1 is 1.48 bits per heavy atom. The van der Waals surface area contributed by atoms with E-state index < -0.39 is 23.9 Å². The van der Waals surface area contributed by atoms with Crippen LogP contribution in [0.3, 0.4) is 0 Å². The quantitative estimate of drug-likeness (QED) is 0.770. The third kappa shape index (κ3) is 3.72. The van der Waals surface area contributed by atoms with Crippen molar-refractivity contribution in [1.82, 2.24) is 19.9 Å². The summed E-state index contributed by atoms with van der Waals surface area (Å²) in [7, 11) is 0. The lowest BCUT2D eigenvalue weighted by Gasteiger charge is -2.35. The van der Waals surface area contributed by atoms with E-state index in [0.29, 0.717) is 17.6 Å². The number of carbonyl (C=O) groups excluding carboxylic acids is 1. The molecular formula is C13H20BrFN4O2. The lowest BCUT2D eigenvalue weighted by Crippen LogP contribution is -2.47. The van der Waals surface area contributed by atoms with Gasteiger partial charge < -0.3 is 9.64 Å². The molecule has 0 aliphatic carbocycles. The summed E-state index contributed by atoms with van der Waals surface area (Å²) in [5.41, 5.74) is 0.209. The first kappa shape index (κ1) is 16.2. The fourth-order valence-corrected chi connectivity index (χ4v) is 2.55. The molecular weight excluding hydrogens is 343 g/mol.